The highest BCUT2D eigenvalue weighted by atomic mass is 32.2. The number of rotatable bonds is 2. The molecule has 1 aromatic rings. The van der Waals surface area contributed by atoms with E-state index in [0.29, 0.717) is 22.6 Å². The Balaban J connectivity index is 2.09. The van der Waals surface area contributed by atoms with Gasteiger partial charge in [-0.1, -0.05) is 17.9 Å². The van der Waals surface area contributed by atoms with E-state index in [1.165, 1.54) is 0 Å². The van der Waals surface area contributed by atoms with E-state index in [-0.39, 0.29) is 18.6 Å². The molecule has 1 heterocycles. The highest BCUT2D eigenvalue weighted by molar-refractivity contribution is 7.85. The number of amides is 1. The van der Waals surface area contributed by atoms with Crippen molar-refractivity contribution in [3.63, 3.8) is 0 Å². The van der Waals surface area contributed by atoms with Gasteiger partial charge in [0.2, 0.25) is 0 Å². The highest BCUT2D eigenvalue weighted by Gasteiger charge is 2.20. The molecule has 1 amide bonds. The number of nitrogens with one attached hydrogen (secondary N) is 1. The van der Waals surface area contributed by atoms with Crippen LogP contribution in [0.3, 0.4) is 0 Å². The number of aliphatic hydroxyl groups is 1. The van der Waals surface area contributed by atoms with Gasteiger partial charge in [-0.15, -0.1) is 0 Å². The lowest BCUT2D eigenvalue weighted by molar-refractivity contribution is 0.0934. The van der Waals surface area contributed by atoms with Crippen molar-refractivity contribution in [1.82, 2.24) is 5.32 Å². The minimum Gasteiger partial charge on any atom is -0.384 e. The van der Waals surface area contributed by atoms with Crippen LogP contribution in [0.1, 0.15) is 34.3 Å². The van der Waals surface area contributed by atoms with Crippen molar-refractivity contribution in [3.8, 4) is 11.8 Å². The zero-order valence-corrected chi connectivity index (χ0v) is 12.8. The molecule has 112 valence electrons. The molecule has 0 saturated carbocycles. The average Bonchev–Trinajstić information content (AvgIpc) is 2.48. The van der Waals surface area contributed by atoms with E-state index >= 15 is 0 Å². The molecule has 21 heavy (non-hydrogen) atoms. The second kappa shape index (κ2) is 7.39. The normalized spacial score (nSPS) is 21.2. The van der Waals surface area contributed by atoms with Gasteiger partial charge in [-0.25, -0.2) is 0 Å². The summed E-state index contributed by atoms with van der Waals surface area (Å²) in [6.07, 6.45) is 1.53. The summed E-state index contributed by atoms with van der Waals surface area (Å²) in [4.78, 5) is 12.4. The lowest BCUT2D eigenvalue weighted by Gasteiger charge is -2.23. The van der Waals surface area contributed by atoms with Crippen LogP contribution in [0.25, 0.3) is 0 Å². The number of aryl methyl sites for hydroxylation is 1. The number of aliphatic hydroxyl groups excluding tert-OH is 1. The van der Waals surface area contributed by atoms with Crippen LogP contribution in [0, 0.1) is 18.8 Å². The van der Waals surface area contributed by atoms with Gasteiger partial charge in [0.1, 0.15) is 6.61 Å². The second-order valence-electron chi connectivity index (χ2n) is 5.09. The van der Waals surface area contributed by atoms with Gasteiger partial charge in [-0.2, -0.15) is 0 Å². The molecule has 2 N–H and O–H groups in total. The third-order valence-electron chi connectivity index (χ3n) is 3.52. The summed E-state index contributed by atoms with van der Waals surface area (Å²) in [5, 5.41) is 11.7. The largest absolute Gasteiger partial charge is 0.384 e. The van der Waals surface area contributed by atoms with Crippen molar-refractivity contribution in [2.75, 3.05) is 18.1 Å². The molecule has 5 heteroatoms. The maximum atomic E-state index is 12.4. The molecule has 0 bridgehead atoms. The summed E-state index contributed by atoms with van der Waals surface area (Å²) < 4.78 is 11.3. The van der Waals surface area contributed by atoms with E-state index in [2.05, 4.69) is 17.2 Å². The summed E-state index contributed by atoms with van der Waals surface area (Å²) in [5.74, 6) is 6.59. The van der Waals surface area contributed by atoms with Crippen LogP contribution in [0.5, 0.6) is 0 Å². The molecule has 0 aliphatic carbocycles. The molecule has 4 nitrogen and oxygen atoms in total. The molecule has 0 atom stereocenters. The molecule has 1 fully saturated rings. The molecular formula is C16H19NO3S. The third kappa shape index (κ3) is 4.42. The first-order valence-corrected chi connectivity index (χ1v) is 8.45. The van der Waals surface area contributed by atoms with E-state index in [1.54, 1.807) is 6.07 Å². The van der Waals surface area contributed by atoms with Crippen LogP contribution in [0.2, 0.25) is 0 Å². The van der Waals surface area contributed by atoms with E-state index in [9.17, 15) is 9.00 Å². The lowest BCUT2D eigenvalue weighted by atomic mass is 10.0. The zero-order chi connectivity index (χ0) is 15.2. The maximum Gasteiger partial charge on any atom is 0.251 e. The number of carbonyl (C=O) groups is 1. The van der Waals surface area contributed by atoms with Crippen molar-refractivity contribution < 1.29 is 14.1 Å². The summed E-state index contributed by atoms with van der Waals surface area (Å²) in [6.45, 7) is 1.68. The van der Waals surface area contributed by atoms with Crippen LogP contribution >= 0.6 is 0 Å². The number of hydrogen-bond donors (Lipinski definition) is 2. The van der Waals surface area contributed by atoms with Crippen LogP contribution in [0.15, 0.2) is 18.2 Å². The summed E-state index contributed by atoms with van der Waals surface area (Å²) in [5.41, 5.74) is 2.21. The van der Waals surface area contributed by atoms with Crippen LogP contribution in [-0.4, -0.2) is 39.4 Å². The first-order chi connectivity index (χ1) is 10.1. The fourth-order valence-corrected chi connectivity index (χ4v) is 3.59. The summed E-state index contributed by atoms with van der Waals surface area (Å²) in [7, 11) is -0.725. The summed E-state index contributed by atoms with van der Waals surface area (Å²) >= 11 is 0. The van der Waals surface area contributed by atoms with Gasteiger partial charge in [0.05, 0.1) is 0 Å². The second-order valence-corrected chi connectivity index (χ2v) is 6.78. The molecule has 1 aromatic carbocycles. The van der Waals surface area contributed by atoms with Gasteiger partial charge in [0.25, 0.3) is 5.91 Å². The fraction of sp³-hybridized carbons (Fsp3) is 0.438. The van der Waals surface area contributed by atoms with Crippen molar-refractivity contribution in [2.45, 2.75) is 25.8 Å². The van der Waals surface area contributed by atoms with Crippen LogP contribution in [0.4, 0.5) is 0 Å². The molecule has 0 radical (unpaired) electrons. The van der Waals surface area contributed by atoms with Gasteiger partial charge >= 0.3 is 0 Å². The smallest absolute Gasteiger partial charge is 0.251 e. The number of hydrogen-bond acceptors (Lipinski definition) is 3. The predicted octanol–water partition coefficient (Wildman–Crippen LogP) is 0.980. The maximum absolute atomic E-state index is 12.4. The van der Waals surface area contributed by atoms with E-state index in [0.717, 1.165) is 18.4 Å². The zero-order valence-electron chi connectivity index (χ0n) is 12.0. The molecule has 1 aliphatic rings. The fourth-order valence-electron chi connectivity index (χ4n) is 2.29. The minimum absolute atomic E-state index is 0.0989. The molecule has 0 unspecified atom stereocenters. The molecule has 1 aliphatic heterocycles. The quantitative estimate of drug-likeness (QED) is 0.801. The van der Waals surface area contributed by atoms with E-state index in [1.807, 2.05) is 19.1 Å². The first-order valence-electron chi connectivity index (χ1n) is 6.96. The van der Waals surface area contributed by atoms with E-state index < -0.39 is 10.8 Å². The van der Waals surface area contributed by atoms with Crippen LogP contribution < -0.4 is 5.32 Å². The van der Waals surface area contributed by atoms with Gasteiger partial charge in [-0.3, -0.25) is 9.00 Å². The van der Waals surface area contributed by atoms with Crippen molar-refractivity contribution in [1.29, 1.82) is 0 Å². The third-order valence-corrected chi connectivity index (χ3v) is 4.90. The molecule has 2 rings (SSSR count). The van der Waals surface area contributed by atoms with Gasteiger partial charge in [-0.05, 0) is 37.5 Å². The lowest BCUT2D eigenvalue weighted by Crippen LogP contribution is -2.39. The molecule has 0 spiro atoms. The highest BCUT2D eigenvalue weighted by Crippen LogP contribution is 2.14. The predicted molar refractivity (Wildman–Crippen MR) is 83.5 cm³/mol. The monoisotopic (exact) mass is 305 g/mol. The number of carbonyl (C=O) groups excluding carboxylic acids is 1. The SMILES string of the molecule is Cc1ccc(C#CCO)cc1C(=O)NC1CCS(=O)CC1. The van der Waals surface area contributed by atoms with Crippen molar-refractivity contribution >= 4 is 16.7 Å². The Morgan fingerprint density at radius 3 is 2.81 bits per heavy atom. The molecule has 1 saturated heterocycles. The van der Waals surface area contributed by atoms with Gasteiger partial charge in [0.15, 0.2) is 0 Å². The Morgan fingerprint density at radius 1 is 1.43 bits per heavy atom. The van der Waals surface area contributed by atoms with Gasteiger partial charge < -0.3 is 10.4 Å². The topological polar surface area (TPSA) is 66.4 Å². The van der Waals surface area contributed by atoms with Crippen LogP contribution in [-0.2, 0) is 10.8 Å². The first kappa shape index (κ1) is 15.7. The van der Waals surface area contributed by atoms with Crippen molar-refractivity contribution in [3.05, 3.63) is 34.9 Å². The Labute approximate surface area is 127 Å². The minimum atomic E-state index is -0.725. The summed E-state index contributed by atoms with van der Waals surface area (Å²) in [6, 6.07) is 5.53. The molecule has 0 aromatic heterocycles. The Kier molecular flexibility index (Phi) is 5.54. The van der Waals surface area contributed by atoms with Crippen molar-refractivity contribution in [2.24, 2.45) is 0 Å². The van der Waals surface area contributed by atoms with Gasteiger partial charge in [0, 0.05) is 39.5 Å². The Bertz CT molecular complexity index is 606. The average molecular weight is 305 g/mol. The van der Waals surface area contributed by atoms with E-state index in [4.69, 9.17) is 5.11 Å². The molecular weight excluding hydrogens is 286 g/mol. The standard InChI is InChI=1S/C16H19NO3S/c1-12-4-5-13(3-2-8-18)11-15(12)16(19)17-14-6-9-21(20)10-7-14/h4-5,11,14,18H,6-10H2,1H3,(H,17,19). The Morgan fingerprint density at radius 2 is 2.14 bits per heavy atom. The number of benzene rings is 1. The Hall–Kier alpha value is -1.64.